The maximum atomic E-state index is 11.6. The Morgan fingerprint density at radius 3 is 2.72 bits per heavy atom. The highest BCUT2D eigenvalue weighted by Gasteiger charge is 2.21. The van der Waals surface area contributed by atoms with Gasteiger partial charge in [-0.2, -0.15) is 0 Å². The smallest absolute Gasteiger partial charge is 0.251 e. The molecule has 2 rings (SSSR count). The second-order valence-electron chi connectivity index (χ2n) is 4.42. The number of aliphatic hydroxyl groups is 1. The van der Waals surface area contributed by atoms with Gasteiger partial charge in [0.15, 0.2) is 0 Å². The van der Waals surface area contributed by atoms with E-state index in [1.54, 1.807) is 4.90 Å². The number of carbonyl (C=O) groups excluding carboxylic acids is 1. The van der Waals surface area contributed by atoms with Crippen LogP contribution in [0, 0.1) is 0 Å². The Kier molecular flexibility index (Phi) is 4.04. The summed E-state index contributed by atoms with van der Waals surface area (Å²) in [6.07, 6.45) is 1.84. The first-order valence-corrected chi connectivity index (χ1v) is 6.38. The molecule has 0 saturated heterocycles. The quantitative estimate of drug-likeness (QED) is 0.892. The molecule has 1 atom stereocenters. The van der Waals surface area contributed by atoms with Crippen LogP contribution < -0.4 is 0 Å². The van der Waals surface area contributed by atoms with Crippen LogP contribution in [-0.4, -0.2) is 35.1 Å². The van der Waals surface area contributed by atoms with Crippen molar-refractivity contribution in [3.8, 4) is 0 Å². The van der Waals surface area contributed by atoms with E-state index in [9.17, 15) is 9.90 Å². The lowest BCUT2D eigenvalue weighted by molar-refractivity contribution is -0.138. The first kappa shape index (κ1) is 13.1. The molecule has 0 spiro atoms. The van der Waals surface area contributed by atoms with Crippen LogP contribution in [0.5, 0.6) is 0 Å². The van der Waals surface area contributed by atoms with E-state index < -0.39 is 6.10 Å². The second-order valence-corrected chi connectivity index (χ2v) is 4.83. The number of hydrogen-bond acceptors (Lipinski definition) is 2. The standard InChI is InChI=1S/C14H16ClNO2/c1-10(17)14(18)16-8-6-11(7-9-16)12-4-2-3-5-13(12)15/h2-6,10,17H,7-9H2,1H3. The van der Waals surface area contributed by atoms with Crippen LogP contribution in [0.15, 0.2) is 30.3 Å². The summed E-state index contributed by atoms with van der Waals surface area (Å²) in [6.45, 7) is 2.65. The average Bonchev–Trinajstić information content (AvgIpc) is 2.38. The van der Waals surface area contributed by atoms with Crippen LogP contribution >= 0.6 is 11.6 Å². The monoisotopic (exact) mass is 265 g/mol. The van der Waals surface area contributed by atoms with Crippen molar-refractivity contribution in [2.75, 3.05) is 13.1 Å². The molecule has 3 nitrogen and oxygen atoms in total. The normalized spacial score (nSPS) is 17.3. The molecule has 0 saturated carbocycles. The molecule has 0 radical (unpaired) electrons. The Morgan fingerprint density at radius 2 is 2.17 bits per heavy atom. The van der Waals surface area contributed by atoms with Crippen molar-refractivity contribution in [3.05, 3.63) is 40.9 Å². The van der Waals surface area contributed by atoms with Crippen LogP contribution in [0.4, 0.5) is 0 Å². The highest BCUT2D eigenvalue weighted by molar-refractivity contribution is 6.32. The van der Waals surface area contributed by atoms with Gasteiger partial charge in [-0.1, -0.05) is 35.9 Å². The van der Waals surface area contributed by atoms with E-state index in [2.05, 4.69) is 0 Å². The fourth-order valence-corrected chi connectivity index (χ4v) is 2.36. The van der Waals surface area contributed by atoms with E-state index in [1.807, 2.05) is 30.3 Å². The molecule has 1 aromatic rings. The molecule has 4 heteroatoms. The summed E-state index contributed by atoms with van der Waals surface area (Å²) in [4.78, 5) is 13.3. The minimum atomic E-state index is -0.930. The lowest BCUT2D eigenvalue weighted by Crippen LogP contribution is -2.40. The molecule has 0 bridgehead atoms. The third-order valence-electron chi connectivity index (χ3n) is 3.10. The van der Waals surface area contributed by atoms with Gasteiger partial charge in [-0.25, -0.2) is 0 Å². The SMILES string of the molecule is CC(O)C(=O)N1CC=C(c2ccccc2Cl)CC1. The van der Waals surface area contributed by atoms with Crippen LogP contribution in [0.3, 0.4) is 0 Å². The van der Waals surface area contributed by atoms with Gasteiger partial charge < -0.3 is 10.0 Å². The van der Waals surface area contributed by atoms with E-state index in [0.717, 1.165) is 22.6 Å². The summed E-state index contributed by atoms with van der Waals surface area (Å²) in [5.41, 5.74) is 2.19. The summed E-state index contributed by atoms with van der Waals surface area (Å²) in [5.74, 6) is -0.218. The molecule has 0 aliphatic carbocycles. The van der Waals surface area contributed by atoms with Gasteiger partial charge in [0, 0.05) is 18.1 Å². The minimum Gasteiger partial charge on any atom is -0.384 e. The van der Waals surface area contributed by atoms with Crippen LogP contribution in [-0.2, 0) is 4.79 Å². The van der Waals surface area contributed by atoms with E-state index in [-0.39, 0.29) is 5.91 Å². The summed E-state index contributed by atoms with van der Waals surface area (Å²) < 4.78 is 0. The molecule has 1 unspecified atom stereocenters. The molecular formula is C14H16ClNO2. The molecule has 1 aromatic carbocycles. The van der Waals surface area contributed by atoms with E-state index in [0.29, 0.717) is 13.1 Å². The summed E-state index contributed by atoms with van der Waals surface area (Å²) in [6, 6.07) is 7.71. The van der Waals surface area contributed by atoms with Crippen molar-refractivity contribution < 1.29 is 9.90 Å². The predicted octanol–water partition coefficient (Wildman–Crippen LogP) is 2.34. The van der Waals surface area contributed by atoms with Crippen LogP contribution in [0.25, 0.3) is 5.57 Å². The fraction of sp³-hybridized carbons (Fsp3) is 0.357. The molecule has 1 aliphatic heterocycles. The zero-order valence-corrected chi connectivity index (χ0v) is 11.0. The lowest BCUT2D eigenvalue weighted by atomic mass is 9.99. The van der Waals surface area contributed by atoms with Gasteiger partial charge >= 0.3 is 0 Å². The number of carbonyl (C=O) groups is 1. The second kappa shape index (κ2) is 5.55. The first-order valence-electron chi connectivity index (χ1n) is 6.00. The van der Waals surface area contributed by atoms with Crippen molar-refractivity contribution >= 4 is 23.1 Å². The van der Waals surface area contributed by atoms with Crippen molar-refractivity contribution in [3.63, 3.8) is 0 Å². The highest BCUT2D eigenvalue weighted by Crippen LogP contribution is 2.28. The number of amides is 1. The van der Waals surface area contributed by atoms with Gasteiger partial charge in [0.05, 0.1) is 0 Å². The molecular weight excluding hydrogens is 250 g/mol. The molecule has 1 heterocycles. The van der Waals surface area contributed by atoms with Gasteiger partial charge in [0.2, 0.25) is 0 Å². The van der Waals surface area contributed by atoms with Gasteiger partial charge in [0.1, 0.15) is 6.10 Å². The number of hydrogen-bond donors (Lipinski definition) is 1. The maximum Gasteiger partial charge on any atom is 0.251 e. The van der Waals surface area contributed by atoms with Crippen molar-refractivity contribution in [2.45, 2.75) is 19.4 Å². The number of nitrogens with zero attached hydrogens (tertiary/aromatic N) is 1. The minimum absolute atomic E-state index is 0.218. The van der Waals surface area contributed by atoms with Gasteiger partial charge in [0.25, 0.3) is 5.91 Å². The Morgan fingerprint density at radius 1 is 1.44 bits per heavy atom. The Labute approximate surface area is 112 Å². The maximum absolute atomic E-state index is 11.6. The third kappa shape index (κ3) is 2.74. The fourth-order valence-electron chi connectivity index (χ4n) is 2.10. The number of halogens is 1. The number of aliphatic hydroxyl groups excluding tert-OH is 1. The number of benzene rings is 1. The van der Waals surface area contributed by atoms with Gasteiger partial charge in [-0.15, -0.1) is 0 Å². The van der Waals surface area contributed by atoms with Crippen molar-refractivity contribution in [1.82, 2.24) is 4.90 Å². The molecule has 1 amide bonds. The Balaban J connectivity index is 2.12. The van der Waals surface area contributed by atoms with Crippen LogP contribution in [0.2, 0.25) is 5.02 Å². The summed E-state index contributed by atoms with van der Waals surface area (Å²) in [5, 5.41) is 10.0. The average molecular weight is 266 g/mol. The van der Waals surface area contributed by atoms with Gasteiger partial charge in [-0.3, -0.25) is 4.79 Å². The molecule has 1 N–H and O–H groups in total. The molecule has 96 valence electrons. The molecule has 18 heavy (non-hydrogen) atoms. The predicted molar refractivity (Wildman–Crippen MR) is 72.3 cm³/mol. The van der Waals surface area contributed by atoms with E-state index >= 15 is 0 Å². The molecule has 0 aromatic heterocycles. The molecule has 0 fully saturated rings. The summed E-state index contributed by atoms with van der Waals surface area (Å²) >= 11 is 6.15. The van der Waals surface area contributed by atoms with Crippen molar-refractivity contribution in [1.29, 1.82) is 0 Å². The van der Waals surface area contributed by atoms with E-state index in [1.165, 1.54) is 6.92 Å². The van der Waals surface area contributed by atoms with Crippen molar-refractivity contribution in [2.24, 2.45) is 0 Å². The Hall–Kier alpha value is -1.32. The summed E-state index contributed by atoms with van der Waals surface area (Å²) in [7, 11) is 0. The topological polar surface area (TPSA) is 40.5 Å². The first-order chi connectivity index (χ1) is 8.59. The molecule has 1 aliphatic rings. The Bertz CT molecular complexity index is 482. The van der Waals surface area contributed by atoms with Crippen LogP contribution in [0.1, 0.15) is 18.9 Å². The van der Waals surface area contributed by atoms with Gasteiger partial charge in [-0.05, 0) is 30.5 Å². The lowest BCUT2D eigenvalue weighted by Gasteiger charge is -2.27. The largest absolute Gasteiger partial charge is 0.384 e. The zero-order chi connectivity index (χ0) is 13.1. The number of rotatable bonds is 2. The zero-order valence-electron chi connectivity index (χ0n) is 10.3. The third-order valence-corrected chi connectivity index (χ3v) is 3.43. The highest BCUT2D eigenvalue weighted by atomic mass is 35.5. The van der Waals surface area contributed by atoms with E-state index in [4.69, 9.17) is 11.6 Å².